The lowest BCUT2D eigenvalue weighted by Gasteiger charge is -2.09. The summed E-state index contributed by atoms with van der Waals surface area (Å²) in [6.07, 6.45) is 4.39. The van der Waals surface area contributed by atoms with Gasteiger partial charge in [0.1, 0.15) is 0 Å². The van der Waals surface area contributed by atoms with Crippen molar-refractivity contribution < 1.29 is 4.79 Å². The molecule has 0 aliphatic heterocycles. The average Bonchev–Trinajstić information content (AvgIpc) is 2.66. The molecule has 0 fully saturated rings. The number of nitrogens with one attached hydrogen (secondary N) is 2. The minimum absolute atomic E-state index is 0.0632. The van der Waals surface area contributed by atoms with Crippen molar-refractivity contribution in [1.82, 2.24) is 15.3 Å². The second-order valence-corrected chi connectivity index (χ2v) is 4.27. The standard InChI is InChI=1S/C9H15N3OS/c1-3-4-10-8(13)7(2)14-9-11-5-6-12-9/h5-7H,3-4H2,1-2H3,(H,10,13)(H,11,12)/t7-/m1/s1. The number of amides is 1. The second kappa shape index (κ2) is 5.70. The van der Waals surface area contributed by atoms with Crippen LogP contribution in [0.4, 0.5) is 0 Å². The molecule has 0 radical (unpaired) electrons. The molecule has 0 saturated heterocycles. The van der Waals surface area contributed by atoms with E-state index >= 15 is 0 Å². The molecule has 0 bridgehead atoms. The number of nitrogens with zero attached hydrogens (tertiary/aromatic N) is 1. The fourth-order valence-corrected chi connectivity index (χ4v) is 1.71. The van der Waals surface area contributed by atoms with Crippen LogP contribution in [-0.4, -0.2) is 27.7 Å². The van der Waals surface area contributed by atoms with Crippen molar-refractivity contribution >= 4 is 17.7 Å². The summed E-state index contributed by atoms with van der Waals surface area (Å²) in [7, 11) is 0. The van der Waals surface area contributed by atoms with E-state index in [0.717, 1.165) is 18.1 Å². The lowest BCUT2D eigenvalue weighted by molar-refractivity contribution is -0.120. The van der Waals surface area contributed by atoms with Crippen LogP contribution in [0.25, 0.3) is 0 Å². The van der Waals surface area contributed by atoms with Gasteiger partial charge in [-0.1, -0.05) is 18.7 Å². The fourth-order valence-electron chi connectivity index (χ4n) is 0.928. The Morgan fingerprint density at radius 1 is 1.79 bits per heavy atom. The third kappa shape index (κ3) is 3.41. The van der Waals surface area contributed by atoms with E-state index < -0.39 is 0 Å². The Morgan fingerprint density at radius 3 is 3.14 bits per heavy atom. The highest BCUT2D eigenvalue weighted by Gasteiger charge is 2.14. The second-order valence-electron chi connectivity index (χ2n) is 2.95. The number of imidazole rings is 1. The maximum Gasteiger partial charge on any atom is 0.233 e. The first-order chi connectivity index (χ1) is 6.74. The maximum absolute atomic E-state index is 11.5. The summed E-state index contributed by atoms with van der Waals surface area (Å²) < 4.78 is 0. The van der Waals surface area contributed by atoms with Crippen LogP contribution in [0.5, 0.6) is 0 Å². The smallest absolute Gasteiger partial charge is 0.233 e. The molecule has 1 atom stereocenters. The van der Waals surface area contributed by atoms with Crippen molar-refractivity contribution in [3.05, 3.63) is 12.4 Å². The Kier molecular flexibility index (Phi) is 4.52. The molecule has 4 nitrogen and oxygen atoms in total. The molecule has 0 aliphatic carbocycles. The molecular weight excluding hydrogens is 198 g/mol. The van der Waals surface area contributed by atoms with Gasteiger partial charge in [0.05, 0.1) is 5.25 Å². The molecule has 1 aromatic rings. The molecule has 1 amide bonds. The normalized spacial score (nSPS) is 12.4. The number of thioether (sulfide) groups is 1. The summed E-state index contributed by atoms with van der Waals surface area (Å²) in [5, 5.41) is 3.52. The van der Waals surface area contributed by atoms with E-state index in [-0.39, 0.29) is 11.2 Å². The molecule has 78 valence electrons. The third-order valence-corrected chi connectivity index (χ3v) is 2.69. The van der Waals surface area contributed by atoms with Crippen molar-refractivity contribution in [3.63, 3.8) is 0 Å². The molecule has 0 aromatic carbocycles. The zero-order valence-corrected chi connectivity index (χ0v) is 9.23. The van der Waals surface area contributed by atoms with Crippen molar-refractivity contribution in [2.45, 2.75) is 30.7 Å². The largest absolute Gasteiger partial charge is 0.355 e. The Hall–Kier alpha value is -0.970. The van der Waals surface area contributed by atoms with Gasteiger partial charge in [-0.2, -0.15) is 0 Å². The highest BCUT2D eigenvalue weighted by atomic mass is 32.2. The number of hydrogen-bond donors (Lipinski definition) is 2. The molecule has 1 heterocycles. The number of rotatable bonds is 5. The first-order valence-electron chi connectivity index (χ1n) is 4.67. The van der Waals surface area contributed by atoms with Crippen molar-refractivity contribution in [2.75, 3.05) is 6.54 Å². The molecule has 2 N–H and O–H groups in total. The van der Waals surface area contributed by atoms with E-state index in [0.29, 0.717) is 0 Å². The topological polar surface area (TPSA) is 57.8 Å². The lowest BCUT2D eigenvalue weighted by atomic mass is 10.4. The molecule has 1 aromatic heterocycles. The number of aromatic nitrogens is 2. The molecule has 0 aliphatic rings. The average molecular weight is 213 g/mol. The quantitative estimate of drug-likeness (QED) is 0.727. The van der Waals surface area contributed by atoms with Crippen LogP contribution in [0.3, 0.4) is 0 Å². The van der Waals surface area contributed by atoms with E-state index in [4.69, 9.17) is 0 Å². The molecule has 0 unspecified atom stereocenters. The molecule has 14 heavy (non-hydrogen) atoms. The van der Waals surface area contributed by atoms with Crippen LogP contribution in [0, 0.1) is 0 Å². The summed E-state index contributed by atoms with van der Waals surface area (Å²) in [5.41, 5.74) is 0. The van der Waals surface area contributed by atoms with Gasteiger partial charge >= 0.3 is 0 Å². The van der Waals surface area contributed by atoms with Gasteiger partial charge in [0.15, 0.2) is 5.16 Å². The summed E-state index contributed by atoms with van der Waals surface area (Å²) in [6, 6.07) is 0. The van der Waals surface area contributed by atoms with Crippen LogP contribution in [0.2, 0.25) is 0 Å². The zero-order valence-electron chi connectivity index (χ0n) is 8.41. The molecule has 5 heteroatoms. The fraction of sp³-hybridized carbons (Fsp3) is 0.556. The maximum atomic E-state index is 11.5. The molecule has 0 spiro atoms. The summed E-state index contributed by atoms with van der Waals surface area (Å²) in [4.78, 5) is 18.5. The molecule has 1 rings (SSSR count). The first kappa shape index (κ1) is 11.1. The Bertz CT molecular complexity index is 274. The molecule has 0 saturated carbocycles. The minimum Gasteiger partial charge on any atom is -0.355 e. The first-order valence-corrected chi connectivity index (χ1v) is 5.55. The summed E-state index contributed by atoms with van der Waals surface area (Å²) in [5.74, 6) is 0.0632. The monoisotopic (exact) mass is 213 g/mol. The molecular formula is C9H15N3OS. The predicted molar refractivity (Wildman–Crippen MR) is 57.2 cm³/mol. The summed E-state index contributed by atoms with van der Waals surface area (Å²) >= 11 is 1.43. The van der Waals surface area contributed by atoms with Crippen molar-refractivity contribution in [1.29, 1.82) is 0 Å². The number of aromatic amines is 1. The van der Waals surface area contributed by atoms with Crippen LogP contribution in [0.1, 0.15) is 20.3 Å². The highest BCUT2D eigenvalue weighted by Crippen LogP contribution is 2.18. The number of hydrogen-bond acceptors (Lipinski definition) is 3. The van der Waals surface area contributed by atoms with Gasteiger partial charge in [-0.15, -0.1) is 0 Å². The van der Waals surface area contributed by atoms with Gasteiger partial charge in [-0.05, 0) is 13.3 Å². The van der Waals surface area contributed by atoms with Crippen molar-refractivity contribution in [3.8, 4) is 0 Å². The van der Waals surface area contributed by atoms with Gasteiger partial charge < -0.3 is 10.3 Å². The number of carbonyl (C=O) groups is 1. The van der Waals surface area contributed by atoms with E-state index in [1.54, 1.807) is 12.4 Å². The highest BCUT2D eigenvalue weighted by molar-refractivity contribution is 8.00. The lowest BCUT2D eigenvalue weighted by Crippen LogP contribution is -2.31. The predicted octanol–water partition coefficient (Wildman–Crippen LogP) is 1.42. The minimum atomic E-state index is -0.104. The van der Waals surface area contributed by atoms with E-state index in [1.165, 1.54) is 11.8 Å². The van der Waals surface area contributed by atoms with Crippen LogP contribution < -0.4 is 5.32 Å². The van der Waals surface area contributed by atoms with Gasteiger partial charge in [0.25, 0.3) is 0 Å². The number of H-pyrrole nitrogens is 1. The van der Waals surface area contributed by atoms with E-state index in [2.05, 4.69) is 15.3 Å². The summed E-state index contributed by atoms with van der Waals surface area (Å²) in [6.45, 7) is 4.64. The van der Waals surface area contributed by atoms with Crippen LogP contribution in [0.15, 0.2) is 17.6 Å². The van der Waals surface area contributed by atoms with Crippen LogP contribution in [-0.2, 0) is 4.79 Å². The van der Waals surface area contributed by atoms with Gasteiger partial charge in [0.2, 0.25) is 5.91 Å². The zero-order chi connectivity index (χ0) is 10.4. The van der Waals surface area contributed by atoms with E-state index in [1.807, 2.05) is 13.8 Å². The number of carbonyl (C=O) groups excluding carboxylic acids is 1. The van der Waals surface area contributed by atoms with Gasteiger partial charge in [-0.3, -0.25) is 4.79 Å². The van der Waals surface area contributed by atoms with Gasteiger partial charge in [0, 0.05) is 18.9 Å². The SMILES string of the molecule is CCCNC(=O)[C@@H](C)Sc1ncc[nH]1. The van der Waals surface area contributed by atoms with Crippen LogP contribution >= 0.6 is 11.8 Å². The Labute approximate surface area is 87.9 Å². The Morgan fingerprint density at radius 2 is 2.57 bits per heavy atom. The Balaban J connectivity index is 2.34. The van der Waals surface area contributed by atoms with Crippen molar-refractivity contribution in [2.24, 2.45) is 0 Å². The van der Waals surface area contributed by atoms with E-state index in [9.17, 15) is 4.79 Å². The van der Waals surface area contributed by atoms with Gasteiger partial charge in [-0.25, -0.2) is 4.98 Å². The third-order valence-electron chi connectivity index (χ3n) is 1.68.